The molecule has 9 nitrogen and oxygen atoms in total. The lowest BCUT2D eigenvalue weighted by atomic mass is 10.00. The van der Waals surface area contributed by atoms with Crippen molar-refractivity contribution in [1.82, 2.24) is 20.1 Å². The Bertz CT molecular complexity index is 1180. The maximum atomic E-state index is 13.4. The number of carbonyl (C=O) groups excluding carboxylic acids is 2. The predicted octanol–water partition coefficient (Wildman–Crippen LogP) is 2.60. The topological polar surface area (TPSA) is 98.0 Å². The van der Waals surface area contributed by atoms with E-state index in [1.807, 2.05) is 47.4 Å². The van der Waals surface area contributed by atoms with Crippen molar-refractivity contribution in [3.8, 4) is 5.75 Å². The SMILES string of the molecule is Cc1nonc1COc1ccccc1C(=O)N1CCC2(CN(Cc3ccccc3)C(=O)CO2)C1. The van der Waals surface area contributed by atoms with E-state index in [1.165, 1.54) is 0 Å². The second kappa shape index (κ2) is 9.26. The number of hydrogen-bond acceptors (Lipinski definition) is 7. The van der Waals surface area contributed by atoms with Gasteiger partial charge >= 0.3 is 0 Å². The molecule has 1 aromatic heterocycles. The summed E-state index contributed by atoms with van der Waals surface area (Å²) in [6.45, 7) is 3.93. The molecule has 2 aromatic carbocycles. The predicted molar refractivity (Wildman–Crippen MR) is 121 cm³/mol. The van der Waals surface area contributed by atoms with E-state index in [0.717, 1.165) is 5.56 Å². The molecule has 0 radical (unpaired) electrons. The van der Waals surface area contributed by atoms with Crippen molar-refractivity contribution in [3.05, 3.63) is 77.1 Å². The quantitative estimate of drug-likeness (QED) is 0.555. The number of likely N-dealkylation sites (tertiary alicyclic amines) is 1. The molecule has 3 aromatic rings. The molecule has 2 amide bonds. The van der Waals surface area contributed by atoms with Crippen LogP contribution in [0.2, 0.25) is 0 Å². The second-order valence-electron chi connectivity index (χ2n) is 8.76. The van der Waals surface area contributed by atoms with E-state index >= 15 is 0 Å². The van der Waals surface area contributed by atoms with Gasteiger partial charge in [0, 0.05) is 13.1 Å². The summed E-state index contributed by atoms with van der Waals surface area (Å²) in [6.07, 6.45) is 0.671. The second-order valence-corrected chi connectivity index (χ2v) is 8.76. The van der Waals surface area contributed by atoms with Crippen LogP contribution in [0.25, 0.3) is 0 Å². The van der Waals surface area contributed by atoms with Crippen LogP contribution in [-0.4, -0.2) is 63.8 Å². The van der Waals surface area contributed by atoms with E-state index in [-0.39, 0.29) is 25.0 Å². The highest BCUT2D eigenvalue weighted by Crippen LogP contribution is 2.32. The van der Waals surface area contributed by atoms with Crippen LogP contribution in [0.3, 0.4) is 0 Å². The van der Waals surface area contributed by atoms with Gasteiger partial charge in [0.15, 0.2) is 0 Å². The molecule has 0 saturated carbocycles. The molecule has 0 aliphatic carbocycles. The van der Waals surface area contributed by atoms with Gasteiger partial charge in [-0.25, -0.2) is 4.63 Å². The summed E-state index contributed by atoms with van der Waals surface area (Å²) in [6, 6.07) is 17.1. The van der Waals surface area contributed by atoms with Gasteiger partial charge in [0.25, 0.3) is 5.91 Å². The average Bonchev–Trinajstić information content (AvgIpc) is 3.47. The molecular weight excluding hydrogens is 436 g/mol. The fourth-order valence-electron chi connectivity index (χ4n) is 4.47. The van der Waals surface area contributed by atoms with Gasteiger partial charge in [-0.15, -0.1) is 0 Å². The van der Waals surface area contributed by atoms with Crippen LogP contribution in [0.15, 0.2) is 59.2 Å². The van der Waals surface area contributed by atoms with Crippen molar-refractivity contribution in [1.29, 1.82) is 0 Å². The van der Waals surface area contributed by atoms with Crippen LogP contribution in [0, 0.1) is 6.92 Å². The lowest BCUT2D eigenvalue weighted by molar-refractivity contribution is -0.162. The van der Waals surface area contributed by atoms with Crippen LogP contribution >= 0.6 is 0 Å². The Hall–Kier alpha value is -3.72. The van der Waals surface area contributed by atoms with Crippen molar-refractivity contribution >= 4 is 11.8 Å². The molecule has 0 N–H and O–H groups in total. The third-order valence-electron chi connectivity index (χ3n) is 6.38. The monoisotopic (exact) mass is 462 g/mol. The molecule has 176 valence electrons. The molecular formula is C25H26N4O5. The first-order chi connectivity index (χ1) is 16.5. The minimum Gasteiger partial charge on any atom is -0.486 e. The molecule has 9 heteroatoms. The van der Waals surface area contributed by atoms with Crippen molar-refractivity contribution < 1.29 is 23.7 Å². The molecule has 3 heterocycles. The molecule has 5 rings (SSSR count). The summed E-state index contributed by atoms with van der Waals surface area (Å²) in [5.74, 6) is 0.314. The van der Waals surface area contributed by atoms with Gasteiger partial charge in [-0.05, 0) is 31.0 Å². The van der Waals surface area contributed by atoms with Gasteiger partial charge < -0.3 is 19.3 Å². The molecule has 2 aliphatic heterocycles. The maximum Gasteiger partial charge on any atom is 0.257 e. The van der Waals surface area contributed by atoms with E-state index in [1.54, 1.807) is 24.0 Å². The molecule has 2 fully saturated rings. The summed E-state index contributed by atoms with van der Waals surface area (Å²) in [5, 5.41) is 7.58. The Balaban J connectivity index is 1.27. The smallest absolute Gasteiger partial charge is 0.257 e. The Morgan fingerprint density at radius 3 is 2.68 bits per heavy atom. The summed E-state index contributed by atoms with van der Waals surface area (Å²) >= 11 is 0. The number of benzene rings is 2. The van der Waals surface area contributed by atoms with Gasteiger partial charge in [-0.3, -0.25) is 9.59 Å². The number of amides is 2. The fourth-order valence-corrected chi connectivity index (χ4v) is 4.47. The highest BCUT2D eigenvalue weighted by Gasteiger charge is 2.46. The number of aromatic nitrogens is 2. The van der Waals surface area contributed by atoms with Crippen LogP contribution in [-0.2, 0) is 22.7 Å². The average molecular weight is 463 g/mol. The normalized spacial score (nSPS) is 20.2. The van der Waals surface area contributed by atoms with Gasteiger partial charge in [0.1, 0.15) is 36.0 Å². The van der Waals surface area contributed by atoms with Crippen molar-refractivity contribution in [3.63, 3.8) is 0 Å². The van der Waals surface area contributed by atoms with Crippen molar-refractivity contribution in [2.24, 2.45) is 0 Å². The van der Waals surface area contributed by atoms with Crippen molar-refractivity contribution in [2.75, 3.05) is 26.2 Å². The van der Waals surface area contributed by atoms with Crippen LogP contribution in [0.5, 0.6) is 5.75 Å². The number of hydrogen-bond donors (Lipinski definition) is 0. The standard InChI is InChI=1S/C25H26N4O5/c1-18-21(27-34-26-18)14-32-22-10-6-5-9-20(22)24(31)28-12-11-25(16-28)17-29(23(30)15-33-25)13-19-7-3-2-4-8-19/h2-10H,11-17H2,1H3. The largest absolute Gasteiger partial charge is 0.486 e. The molecule has 0 bridgehead atoms. The minimum atomic E-state index is -0.558. The first-order valence-electron chi connectivity index (χ1n) is 11.3. The lowest BCUT2D eigenvalue weighted by Crippen LogP contribution is -2.55. The number of ether oxygens (including phenoxy) is 2. The number of para-hydroxylation sites is 1. The van der Waals surface area contributed by atoms with E-state index in [2.05, 4.69) is 10.3 Å². The number of nitrogens with zero attached hydrogens (tertiary/aromatic N) is 4. The Kier molecular flexibility index (Phi) is 6.02. The molecule has 34 heavy (non-hydrogen) atoms. The summed E-state index contributed by atoms with van der Waals surface area (Å²) in [7, 11) is 0. The fraction of sp³-hybridized carbons (Fsp3) is 0.360. The number of aryl methyl sites for hydroxylation is 1. The van der Waals surface area contributed by atoms with Crippen LogP contribution in [0.1, 0.15) is 33.7 Å². The van der Waals surface area contributed by atoms with Crippen molar-refractivity contribution in [2.45, 2.75) is 32.1 Å². The Morgan fingerprint density at radius 2 is 1.88 bits per heavy atom. The van der Waals surface area contributed by atoms with E-state index in [4.69, 9.17) is 14.1 Å². The van der Waals surface area contributed by atoms with E-state index in [0.29, 0.717) is 55.3 Å². The maximum absolute atomic E-state index is 13.4. The summed E-state index contributed by atoms with van der Waals surface area (Å²) < 4.78 is 16.6. The molecule has 2 aliphatic rings. The van der Waals surface area contributed by atoms with Gasteiger partial charge in [0.05, 0.1) is 18.7 Å². The van der Waals surface area contributed by atoms with Crippen LogP contribution < -0.4 is 4.74 Å². The zero-order valence-corrected chi connectivity index (χ0v) is 19.0. The number of rotatable bonds is 6. The molecule has 1 spiro atoms. The van der Waals surface area contributed by atoms with Gasteiger partial charge in [0.2, 0.25) is 5.91 Å². The number of carbonyl (C=O) groups is 2. The van der Waals surface area contributed by atoms with Crippen LogP contribution in [0.4, 0.5) is 0 Å². The lowest BCUT2D eigenvalue weighted by Gasteiger charge is -2.40. The molecule has 1 unspecified atom stereocenters. The molecule has 1 atom stereocenters. The Labute approximate surface area is 197 Å². The zero-order chi connectivity index (χ0) is 23.5. The van der Waals surface area contributed by atoms with Gasteiger partial charge in [-0.2, -0.15) is 0 Å². The minimum absolute atomic E-state index is 0.0274. The third-order valence-corrected chi connectivity index (χ3v) is 6.38. The Morgan fingerprint density at radius 1 is 1.09 bits per heavy atom. The summed E-state index contributed by atoms with van der Waals surface area (Å²) in [4.78, 5) is 29.5. The number of morpholine rings is 1. The third kappa shape index (κ3) is 4.51. The zero-order valence-electron chi connectivity index (χ0n) is 19.0. The molecule has 2 saturated heterocycles. The van der Waals surface area contributed by atoms with E-state index < -0.39 is 5.60 Å². The van der Waals surface area contributed by atoms with E-state index in [9.17, 15) is 9.59 Å². The first-order valence-corrected chi connectivity index (χ1v) is 11.3. The highest BCUT2D eigenvalue weighted by atomic mass is 16.6. The van der Waals surface area contributed by atoms with Gasteiger partial charge in [-0.1, -0.05) is 52.8 Å². The summed E-state index contributed by atoms with van der Waals surface area (Å²) in [5.41, 5.74) is 2.22. The highest BCUT2D eigenvalue weighted by molar-refractivity contribution is 5.97. The first kappa shape index (κ1) is 22.1.